The fraction of sp³-hybridized carbons (Fsp3) is 0.625. The standard InChI is InChI=1S/C14H19F.C2H6/c1-10(2)8-11-6-7-14(15)13(9-11)12-4-3-5-12;1-2/h6-7,9-10,12H,3-5,8H2,1-2H3;1-2H3. The Morgan fingerprint density at radius 2 is 1.88 bits per heavy atom. The highest BCUT2D eigenvalue weighted by molar-refractivity contribution is 5.29. The maximum Gasteiger partial charge on any atom is 0.126 e. The zero-order chi connectivity index (χ0) is 12.8. The highest BCUT2D eigenvalue weighted by Gasteiger charge is 2.22. The summed E-state index contributed by atoms with van der Waals surface area (Å²) in [5, 5.41) is 0. The molecule has 0 spiro atoms. The van der Waals surface area contributed by atoms with Gasteiger partial charge in [-0.05, 0) is 48.3 Å². The molecule has 0 bridgehead atoms. The van der Waals surface area contributed by atoms with Crippen LogP contribution >= 0.6 is 0 Å². The molecule has 0 N–H and O–H groups in total. The van der Waals surface area contributed by atoms with Crippen LogP contribution in [0.15, 0.2) is 18.2 Å². The van der Waals surface area contributed by atoms with E-state index < -0.39 is 0 Å². The van der Waals surface area contributed by atoms with Crippen LogP contribution < -0.4 is 0 Å². The van der Waals surface area contributed by atoms with Crippen molar-refractivity contribution in [2.75, 3.05) is 0 Å². The average molecular weight is 236 g/mol. The molecule has 0 atom stereocenters. The molecule has 1 heteroatoms. The zero-order valence-corrected chi connectivity index (χ0v) is 11.6. The van der Waals surface area contributed by atoms with E-state index in [9.17, 15) is 4.39 Å². The first-order valence-electron chi connectivity index (χ1n) is 6.95. The van der Waals surface area contributed by atoms with Crippen molar-refractivity contribution in [3.05, 3.63) is 35.1 Å². The molecule has 1 aliphatic rings. The van der Waals surface area contributed by atoms with Crippen LogP contribution in [0.5, 0.6) is 0 Å². The van der Waals surface area contributed by atoms with Gasteiger partial charge in [0.15, 0.2) is 0 Å². The minimum absolute atomic E-state index is 0.00722. The molecule has 0 nitrogen and oxygen atoms in total. The van der Waals surface area contributed by atoms with Gasteiger partial charge in [-0.15, -0.1) is 0 Å². The van der Waals surface area contributed by atoms with Crippen molar-refractivity contribution in [2.24, 2.45) is 5.92 Å². The van der Waals surface area contributed by atoms with Gasteiger partial charge in [0, 0.05) is 0 Å². The van der Waals surface area contributed by atoms with E-state index in [2.05, 4.69) is 19.9 Å². The maximum atomic E-state index is 13.6. The topological polar surface area (TPSA) is 0 Å². The first kappa shape index (κ1) is 14.2. The van der Waals surface area contributed by atoms with Gasteiger partial charge >= 0.3 is 0 Å². The van der Waals surface area contributed by atoms with Crippen LogP contribution in [0.3, 0.4) is 0 Å². The zero-order valence-electron chi connectivity index (χ0n) is 11.6. The normalized spacial score (nSPS) is 15.2. The van der Waals surface area contributed by atoms with E-state index >= 15 is 0 Å². The third-order valence-corrected chi connectivity index (χ3v) is 3.25. The molecule has 1 saturated carbocycles. The van der Waals surface area contributed by atoms with Crippen LogP contribution in [0, 0.1) is 11.7 Å². The molecule has 0 aromatic heterocycles. The van der Waals surface area contributed by atoms with Crippen molar-refractivity contribution in [2.45, 2.75) is 59.3 Å². The Kier molecular flexibility index (Phi) is 5.67. The number of halogens is 1. The second-order valence-electron chi connectivity index (χ2n) is 5.08. The SMILES string of the molecule is CC.CC(C)Cc1ccc(F)c(C2CCC2)c1. The monoisotopic (exact) mass is 236 g/mol. The van der Waals surface area contributed by atoms with E-state index in [0.29, 0.717) is 11.8 Å². The van der Waals surface area contributed by atoms with Gasteiger partial charge < -0.3 is 0 Å². The molecular weight excluding hydrogens is 211 g/mol. The Labute approximate surface area is 105 Å². The Bertz CT molecular complexity index is 337. The summed E-state index contributed by atoms with van der Waals surface area (Å²) >= 11 is 0. The van der Waals surface area contributed by atoms with E-state index in [4.69, 9.17) is 0 Å². The first-order chi connectivity index (χ1) is 8.16. The van der Waals surface area contributed by atoms with E-state index in [1.165, 1.54) is 24.8 Å². The molecule has 1 fully saturated rings. The molecule has 0 radical (unpaired) electrons. The lowest BCUT2D eigenvalue weighted by atomic mass is 9.79. The summed E-state index contributed by atoms with van der Waals surface area (Å²) in [5.41, 5.74) is 2.24. The van der Waals surface area contributed by atoms with Crippen LogP contribution in [-0.2, 0) is 6.42 Å². The number of hydrogen-bond acceptors (Lipinski definition) is 0. The lowest BCUT2D eigenvalue weighted by Gasteiger charge is -2.26. The highest BCUT2D eigenvalue weighted by atomic mass is 19.1. The molecule has 1 aromatic carbocycles. The minimum atomic E-state index is -0.00722. The van der Waals surface area contributed by atoms with Gasteiger partial charge in [0.2, 0.25) is 0 Å². The summed E-state index contributed by atoms with van der Waals surface area (Å²) in [4.78, 5) is 0. The summed E-state index contributed by atoms with van der Waals surface area (Å²) in [6, 6.07) is 5.65. The fourth-order valence-electron chi connectivity index (χ4n) is 2.22. The highest BCUT2D eigenvalue weighted by Crippen LogP contribution is 2.38. The van der Waals surface area contributed by atoms with Gasteiger partial charge in [0.25, 0.3) is 0 Å². The molecule has 0 heterocycles. The lowest BCUT2D eigenvalue weighted by molar-refractivity contribution is 0.403. The van der Waals surface area contributed by atoms with Gasteiger partial charge in [0.1, 0.15) is 5.82 Å². The Morgan fingerprint density at radius 3 is 2.35 bits per heavy atom. The smallest absolute Gasteiger partial charge is 0.126 e. The number of hydrogen-bond donors (Lipinski definition) is 0. The Balaban J connectivity index is 0.000000686. The van der Waals surface area contributed by atoms with Gasteiger partial charge in [-0.1, -0.05) is 46.2 Å². The first-order valence-corrected chi connectivity index (χ1v) is 6.95. The summed E-state index contributed by atoms with van der Waals surface area (Å²) in [6.07, 6.45) is 4.66. The van der Waals surface area contributed by atoms with Crippen molar-refractivity contribution < 1.29 is 4.39 Å². The predicted octanol–water partition coefficient (Wildman–Crippen LogP) is 5.32. The van der Waals surface area contributed by atoms with Gasteiger partial charge in [-0.25, -0.2) is 4.39 Å². The van der Waals surface area contributed by atoms with Crippen molar-refractivity contribution >= 4 is 0 Å². The number of benzene rings is 1. The summed E-state index contributed by atoms with van der Waals surface area (Å²) in [7, 11) is 0. The largest absolute Gasteiger partial charge is 0.207 e. The van der Waals surface area contributed by atoms with Crippen molar-refractivity contribution in [3.63, 3.8) is 0 Å². The Hall–Kier alpha value is -0.850. The Morgan fingerprint density at radius 1 is 1.24 bits per heavy atom. The van der Waals surface area contributed by atoms with Gasteiger partial charge in [-0.2, -0.15) is 0 Å². The van der Waals surface area contributed by atoms with Crippen molar-refractivity contribution in [1.82, 2.24) is 0 Å². The molecule has 96 valence electrons. The molecule has 0 aliphatic heterocycles. The molecule has 17 heavy (non-hydrogen) atoms. The van der Waals surface area contributed by atoms with Crippen LogP contribution in [0.4, 0.5) is 4.39 Å². The summed E-state index contributed by atoms with van der Waals surface area (Å²) in [6.45, 7) is 8.40. The predicted molar refractivity (Wildman–Crippen MR) is 72.9 cm³/mol. The van der Waals surface area contributed by atoms with Crippen molar-refractivity contribution in [3.8, 4) is 0 Å². The summed E-state index contributed by atoms with van der Waals surface area (Å²) < 4.78 is 13.6. The van der Waals surface area contributed by atoms with Gasteiger partial charge in [0.05, 0.1) is 0 Å². The lowest BCUT2D eigenvalue weighted by Crippen LogP contribution is -2.11. The van der Waals surface area contributed by atoms with Crippen LogP contribution in [0.25, 0.3) is 0 Å². The van der Waals surface area contributed by atoms with Crippen molar-refractivity contribution in [1.29, 1.82) is 0 Å². The number of rotatable bonds is 3. The molecule has 1 aliphatic carbocycles. The van der Waals surface area contributed by atoms with Crippen LogP contribution in [0.2, 0.25) is 0 Å². The average Bonchev–Trinajstić information content (AvgIpc) is 2.23. The fourth-order valence-corrected chi connectivity index (χ4v) is 2.22. The van der Waals surface area contributed by atoms with E-state index in [1.54, 1.807) is 6.07 Å². The molecule has 0 saturated heterocycles. The third kappa shape index (κ3) is 3.83. The second-order valence-corrected chi connectivity index (χ2v) is 5.08. The quantitative estimate of drug-likeness (QED) is 0.666. The summed E-state index contributed by atoms with van der Waals surface area (Å²) in [5.74, 6) is 1.13. The molecule has 1 aromatic rings. The third-order valence-electron chi connectivity index (χ3n) is 3.25. The van der Waals surface area contributed by atoms with Gasteiger partial charge in [-0.3, -0.25) is 0 Å². The van der Waals surface area contributed by atoms with Crippen LogP contribution in [-0.4, -0.2) is 0 Å². The van der Waals surface area contributed by atoms with E-state index in [0.717, 1.165) is 12.0 Å². The molecule has 0 unspecified atom stereocenters. The molecular formula is C16H25F. The van der Waals surface area contributed by atoms with E-state index in [1.807, 2.05) is 19.9 Å². The van der Waals surface area contributed by atoms with Crippen LogP contribution in [0.1, 0.15) is 64.0 Å². The maximum absolute atomic E-state index is 13.6. The molecule has 2 rings (SSSR count). The van der Waals surface area contributed by atoms with E-state index in [-0.39, 0.29) is 5.82 Å². The second kappa shape index (κ2) is 6.78. The minimum Gasteiger partial charge on any atom is -0.207 e. The molecule has 0 amide bonds.